The van der Waals surface area contributed by atoms with Crippen LogP contribution in [0.15, 0.2) is 37.0 Å². The fourth-order valence-electron chi connectivity index (χ4n) is 2.88. The zero-order valence-electron chi connectivity index (χ0n) is 9.03. The summed E-state index contributed by atoms with van der Waals surface area (Å²) in [5, 5.41) is 19.3. The maximum atomic E-state index is 9.42. The van der Waals surface area contributed by atoms with Crippen LogP contribution in [-0.2, 0) is 0 Å². The van der Waals surface area contributed by atoms with Gasteiger partial charge in [-0.15, -0.1) is 0 Å². The van der Waals surface area contributed by atoms with E-state index in [1.54, 1.807) is 0 Å². The van der Waals surface area contributed by atoms with Crippen molar-refractivity contribution >= 4 is 0 Å². The van der Waals surface area contributed by atoms with E-state index in [0.29, 0.717) is 0 Å². The van der Waals surface area contributed by atoms with Gasteiger partial charge in [0.25, 0.3) is 0 Å². The quantitative estimate of drug-likeness (QED) is 0.428. The van der Waals surface area contributed by atoms with Crippen LogP contribution >= 0.6 is 0 Å². The summed E-state index contributed by atoms with van der Waals surface area (Å²) in [6.07, 6.45) is 4.23. The lowest BCUT2D eigenvalue weighted by molar-refractivity contribution is 0.0760. The number of aliphatic hydroxyl groups excluding tert-OH is 1. The van der Waals surface area contributed by atoms with Crippen molar-refractivity contribution in [2.75, 3.05) is 13.2 Å². The van der Waals surface area contributed by atoms with E-state index in [-0.39, 0.29) is 24.4 Å². The summed E-state index contributed by atoms with van der Waals surface area (Å²) in [5.74, 6) is 1.63. The first-order chi connectivity index (χ1) is 7.67. The Kier molecular flexibility index (Phi) is 1.77. The minimum atomic E-state index is -0.313. The molecule has 5 heteroatoms. The van der Waals surface area contributed by atoms with Crippen molar-refractivity contribution in [3.05, 3.63) is 37.0 Å². The summed E-state index contributed by atoms with van der Waals surface area (Å²) in [7, 11) is 0. The van der Waals surface area contributed by atoms with Gasteiger partial charge in [0.1, 0.15) is 0 Å². The van der Waals surface area contributed by atoms with Gasteiger partial charge >= 0.3 is 0 Å². The number of nitrogens with one attached hydrogen (secondary N) is 3. The van der Waals surface area contributed by atoms with E-state index in [0.717, 1.165) is 18.2 Å². The van der Waals surface area contributed by atoms with Crippen molar-refractivity contribution in [3.63, 3.8) is 0 Å². The first-order valence-electron chi connectivity index (χ1n) is 5.42. The van der Waals surface area contributed by atoms with Gasteiger partial charge in [0, 0.05) is 6.54 Å². The molecule has 5 nitrogen and oxygen atoms in total. The van der Waals surface area contributed by atoms with E-state index >= 15 is 0 Å². The van der Waals surface area contributed by atoms with Crippen LogP contribution in [-0.4, -0.2) is 40.9 Å². The molecule has 3 heterocycles. The first kappa shape index (κ1) is 9.59. The summed E-state index contributed by atoms with van der Waals surface area (Å²) in [6, 6.07) is 0.00694. The van der Waals surface area contributed by atoms with Crippen molar-refractivity contribution in [2.45, 2.75) is 17.7 Å². The molecule has 4 N–H and O–H groups in total. The lowest BCUT2D eigenvalue weighted by atomic mass is 9.92. The van der Waals surface area contributed by atoms with Crippen molar-refractivity contribution in [2.24, 2.45) is 0 Å². The average Bonchev–Trinajstić information content (AvgIpc) is 2.80. The molecule has 3 rings (SSSR count). The molecule has 0 amide bonds. The highest BCUT2D eigenvalue weighted by molar-refractivity contribution is 5.34. The molecule has 2 saturated heterocycles. The van der Waals surface area contributed by atoms with E-state index in [9.17, 15) is 5.11 Å². The molecule has 0 aromatic carbocycles. The van der Waals surface area contributed by atoms with Gasteiger partial charge in [-0.3, -0.25) is 0 Å². The third kappa shape index (κ3) is 0.983. The highest BCUT2D eigenvalue weighted by Crippen LogP contribution is 2.36. The Morgan fingerprint density at radius 1 is 1.50 bits per heavy atom. The summed E-state index contributed by atoms with van der Waals surface area (Å²) in [4.78, 5) is 2.15. The highest BCUT2D eigenvalue weighted by Gasteiger charge is 2.55. The van der Waals surface area contributed by atoms with Gasteiger partial charge in [-0.25, -0.2) is 0 Å². The molecule has 0 aliphatic carbocycles. The third-order valence-electron chi connectivity index (χ3n) is 3.54. The average molecular weight is 220 g/mol. The Morgan fingerprint density at radius 3 is 3.06 bits per heavy atom. The lowest BCUT2D eigenvalue weighted by Gasteiger charge is -2.48. The number of aliphatic hydroxyl groups is 1. The molecule has 3 aliphatic heterocycles. The molecule has 3 atom stereocenters. The predicted octanol–water partition coefficient (Wildman–Crippen LogP) is -0.978. The van der Waals surface area contributed by atoms with Crippen molar-refractivity contribution in [3.8, 4) is 0 Å². The number of hydrogen-bond donors (Lipinski definition) is 4. The summed E-state index contributed by atoms with van der Waals surface area (Å²) >= 11 is 0. The van der Waals surface area contributed by atoms with Crippen LogP contribution in [0, 0.1) is 0 Å². The minimum absolute atomic E-state index is 0.0572. The zero-order valence-corrected chi connectivity index (χ0v) is 9.03. The molecule has 3 aliphatic rings. The number of rotatable bonds is 1. The molecule has 86 valence electrons. The van der Waals surface area contributed by atoms with Crippen LogP contribution in [0.5, 0.6) is 0 Å². The second-order valence-electron chi connectivity index (χ2n) is 4.44. The Balaban J connectivity index is 2.04. The van der Waals surface area contributed by atoms with E-state index in [1.165, 1.54) is 0 Å². The number of hydrogen-bond acceptors (Lipinski definition) is 5. The monoisotopic (exact) mass is 220 g/mol. The van der Waals surface area contributed by atoms with Gasteiger partial charge in [-0.05, 0) is 6.08 Å². The molecule has 0 aromatic rings. The lowest BCUT2D eigenvalue weighted by Crippen LogP contribution is -2.70. The smallest absolute Gasteiger partial charge is 0.155 e. The predicted molar refractivity (Wildman–Crippen MR) is 60.9 cm³/mol. The molecule has 0 aromatic heterocycles. The van der Waals surface area contributed by atoms with Crippen molar-refractivity contribution < 1.29 is 5.11 Å². The molecule has 1 unspecified atom stereocenters. The van der Waals surface area contributed by atoms with Crippen LogP contribution < -0.4 is 16.0 Å². The van der Waals surface area contributed by atoms with Gasteiger partial charge in [0.05, 0.1) is 30.3 Å². The Bertz CT molecular complexity index is 391. The van der Waals surface area contributed by atoms with E-state index in [4.69, 9.17) is 0 Å². The Morgan fingerprint density at radius 2 is 2.31 bits per heavy atom. The van der Waals surface area contributed by atoms with Crippen LogP contribution in [0.2, 0.25) is 0 Å². The Labute approximate surface area is 94.5 Å². The second-order valence-corrected chi connectivity index (χ2v) is 4.44. The van der Waals surface area contributed by atoms with E-state index in [2.05, 4.69) is 46.2 Å². The summed E-state index contributed by atoms with van der Waals surface area (Å²) in [6.45, 7) is 8.79. The first-order valence-corrected chi connectivity index (χ1v) is 5.42. The van der Waals surface area contributed by atoms with E-state index in [1.807, 2.05) is 0 Å². The maximum Gasteiger partial charge on any atom is 0.155 e. The fourth-order valence-corrected chi connectivity index (χ4v) is 2.88. The second kappa shape index (κ2) is 2.95. The van der Waals surface area contributed by atoms with Crippen LogP contribution in [0.1, 0.15) is 0 Å². The van der Waals surface area contributed by atoms with Gasteiger partial charge in [-0.2, -0.15) is 0 Å². The molecule has 0 radical (unpaired) electrons. The molecule has 16 heavy (non-hydrogen) atoms. The highest BCUT2D eigenvalue weighted by atomic mass is 16.3. The van der Waals surface area contributed by atoms with Gasteiger partial charge < -0.3 is 26.0 Å². The molecule has 2 fully saturated rings. The van der Waals surface area contributed by atoms with Crippen molar-refractivity contribution in [1.82, 2.24) is 20.9 Å². The largest absolute Gasteiger partial charge is 0.394 e. The van der Waals surface area contributed by atoms with Gasteiger partial charge in [0.2, 0.25) is 0 Å². The summed E-state index contributed by atoms with van der Waals surface area (Å²) < 4.78 is 0. The fraction of sp³-hybridized carbons (Fsp3) is 0.455. The standard InChI is InChI=1S/C11H16N4O/c1-7-12-10-9(6-16)13-8(2)15-5-3-4-11(10,15)14-7/h3-4,9-10,12-14,16H,1-2,5-6H2/t9-,10+,11?/m1/s1. The number of nitrogens with zero attached hydrogens (tertiary/aromatic N) is 1. The molecule has 0 bridgehead atoms. The minimum Gasteiger partial charge on any atom is -0.394 e. The van der Waals surface area contributed by atoms with Crippen LogP contribution in [0.3, 0.4) is 0 Å². The SMILES string of the molecule is C=C1N[C@H]2[C@@H](CO)NC(=C)N3CC=CC23N1. The third-order valence-corrected chi connectivity index (χ3v) is 3.54. The normalized spacial score (nSPS) is 39.9. The van der Waals surface area contributed by atoms with Crippen LogP contribution in [0.25, 0.3) is 0 Å². The van der Waals surface area contributed by atoms with Crippen LogP contribution in [0.4, 0.5) is 0 Å². The van der Waals surface area contributed by atoms with E-state index < -0.39 is 0 Å². The summed E-state index contributed by atoms with van der Waals surface area (Å²) in [5.41, 5.74) is -0.313. The molecule has 1 spiro atoms. The maximum absolute atomic E-state index is 9.42. The van der Waals surface area contributed by atoms with Gasteiger partial charge in [-0.1, -0.05) is 19.2 Å². The molecular weight excluding hydrogens is 204 g/mol. The topological polar surface area (TPSA) is 59.6 Å². The zero-order chi connectivity index (χ0) is 11.3. The molecular formula is C11H16N4O. The molecule has 0 saturated carbocycles. The van der Waals surface area contributed by atoms with Gasteiger partial charge in [0.15, 0.2) is 5.66 Å². The Hall–Kier alpha value is -1.62. The van der Waals surface area contributed by atoms with Crippen molar-refractivity contribution in [1.29, 1.82) is 0 Å².